The summed E-state index contributed by atoms with van der Waals surface area (Å²) in [5.41, 5.74) is 3.05. The quantitative estimate of drug-likeness (QED) is 0.644. The standard InChI is InChI=1S/C26H33ClFN3O/c1-19-3-2-12-31(17-19)24-8-4-20(5-9-24)16-29-26(32)21-10-13-30(14-11-21)18-22-6-7-23(27)15-25(22)28/h4-9,15,19,21H,2-3,10-14,16-18H2,1H3,(H,29,32)/t19-/m0/s1. The lowest BCUT2D eigenvalue weighted by atomic mass is 9.95. The maximum Gasteiger partial charge on any atom is 0.223 e. The molecule has 2 aliphatic heterocycles. The normalized spacial score (nSPS) is 20.3. The number of nitrogens with zero attached hydrogens (tertiary/aromatic N) is 2. The van der Waals surface area contributed by atoms with Gasteiger partial charge in [-0.15, -0.1) is 0 Å². The molecule has 0 radical (unpaired) electrons. The third kappa shape index (κ3) is 6.02. The van der Waals surface area contributed by atoms with Gasteiger partial charge in [-0.1, -0.05) is 36.7 Å². The van der Waals surface area contributed by atoms with Crippen molar-refractivity contribution in [3.05, 3.63) is 64.4 Å². The molecule has 2 fully saturated rings. The molecule has 2 aromatic rings. The Bertz CT molecular complexity index is 912. The predicted molar refractivity (Wildman–Crippen MR) is 128 cm³/mol. The average Bonchev–Trinajstić information content (AvgIpc) is 2.80. The summed E-state index contributed by atoms with van der Waals surface area (Å²) in [5.74, 6) is 0.629. The van der Waals surface area contributed by atoms with Gasteiger partial charge in [-0.3, -0.25) is 9.69 Å². The first-order valence-electron chi connectivity index (χ1n) is 11.8. The molecular weight excluding hydrogens is 425 g/mol. The van der Waals surface area contributed by atoms with Crippen LogP contribution in [0.5, 0.6) is 0 Å². The van der Waals surface area contributed by atoms with E-state index in [0.717, 1.165) is 50.5 Å². The van der Waals surface area contributed by atoms with Crippen molar-refractivity contribution in [2.75, 3.05) is 31.1 Å². The fourth-order valence-electron chi connectivity index (χ4n) is 4.83. The number of halogens is 2. The molecule has 0 saturated carbocycles. The number of nitrogens with one attached hydrogen (secondary N) is 1. The van der Waals surface area contributed by atoms with E-state index in [1.807, 2.05) is 0 Å². The molecule has 2 heterocycles. The summed E-state index contributed by atoms with van der Waals surface area (Å²) in [5, 5.41) is 3.52. The number of hydrogen-bond acceptors (Lipinski definition) is 3. The fraction of sp³-hybridized carbons (Fsp3) is 0.500. The molecule has 0 aliphatic carbocycles. The van der Waals surface area contributed by atoms with Crippen molar-refractivity contribution < 1.29 is 9.18 Å². The van der Waals surface area contributed by atoms with Gasteiger partial charge in [0.15, 0.2) is 0 Å². The summed E-state index contributed by atoms with van der Waals surface area (Å²) in [6.07, 6.45) is 4.17. The molecule has 0 unspecified atom stereocenters. The highest BCUT2D eigenvalue weighted by Gasteiger charge is 2.25. The van der Waals surface area contributed by atoms with Gasteiger partial charge in [-0.25, -0.2) is 4.39 Å². The molecule has 0 aromatic heterocycles. The molecule has 0 bridgehead atoms. The van der Waals surface area contributed by atoms with Crippen LogP contribution in [0.2, 0.25) is 5.02 Å². The molecule has 1 atom stereocenters. The van der Waals surface area contributed by atoms with E-state index >= 15 is 0 Å². The maximum absolute atomic E-state index is 14.0. The molecule has 4 nitrogen and oxygen atoms in total. The van der Waals surface area contributed by atoms with Crippen LogP contribution in [0.15, 0.2) is 42.5 Å². The van der Waals surface area contributed by atoms with E-state index in [1.54, 1.807) is 12.1 Å². The Morgan fingerprint density at radius 2 is 1.84 bits per heavy atom. The molecule has 2 saturated heterocycles. The number of piperidine rings is 2. The summed E-state index contributed by atoms with van der Waals surface area (Å²) >= 11 is 5.84. The molecule has 1 amide bonds. The van der Waals surface area contributed by atoms with Crippen LogP contribution in [0.4, 0.5) is 10.1 Å². The van der Waals surface area contributed by atoms with Crippen molar-refractivity contribution >= 4 is 23.2 Å². The van der Waals surface area contributed by atoms with Gasteiger partial charge in [0, 0.05) is 48.4 Å². The fourth-order valence-corrected chi connectivity index (χ4v) is 4.98. The molecule has 2 aliphatic rings. The number of hydrogen-bond donors (Lipinski definition) is 1. The van der Waals surface area contributed by atoms with E-state index in [9.17, 15) is 9.18 Å². The van der Waals surface area contributed by atoms with Crippen LogP contribution in [-0.2, 0) is 17.9 Å². The number of rotatable bonds is 6. The van der Waals surface area contributed by atoms with Crippen LogP contribution in [0.1, 0.15) is 43.7 Å². The predicted octanol–water partition coefficient (Wildman–Crippen LogP) is 5.24. The Kier molecular flexibility index (Phi) is 7.69. The molecule has 6 heteroatoms. The first-order valence-corrected chi connectivity index (χ1v) is 12.1. The highest BCUT2D eigenvalue weighted by molar-refractivity contribution is 6.30. The largest absolute Gasteiger partial charge is 0.371 e. The van der Waals surface area contributed by atoms with Gasteiger partial charge in [-0.05, 0) is 74.5 Å². The summed E-state index contributed by atoms with van der Waals surface area (Å²) < 4.78 is 14.0. The Balaban J connectivity index is 1.21. The maximum atomic E-state index is 14.0. The van der Waals surface area contributed by atoms with Crippen molar-refractivity contribution in [1.82, 2.24) is 10.2 Å². The van der Waals surface area contributed by atoms with Crippen molar-refractivity contribution in [3.63, 3.8) is 0 Å². The van der Waals surface area contributed by atoms with Crippen LogP contribution in [-0.4, -0.2) is 37.0 Å². The molecular formula is C26H33ClFN3O. The molecule has 4 rings (SSSR count). The lowest BCUT2D eigenvalue weighted by molar-refractivity contribution is -0.126. The Labute approximate surface area is 195 Å². The van der Waals surface area contributed by atoms with Crippen LogP contribution in [0.25, 0.3) is 0 Å². The first-order chi connectivity index (χ1) is 15.5. The molecule has 0 spiro atoms. The van der Waals surface area contributed by atoms with Gasteiger partial charge in [-0.2, -0.15) is 0 Å². The van der Waals surface area contributed by atoms with E-state index in [1.165, 1.54) is 24.6 Å². The zero-order valence-electron chi connectivity index (χ0n) is 18.8. The molecule has 1 N–H and O–H groups in total. The minimum absolute atomic E-state index is 0.0235. The van der Waals surface area contributed by atoms with Crippen LogP contribution < -0.4 is 10.2 Å². The number of benzene rings is 2. The van der Waals surface area contributed by atoms with Crippen molar-refractivity contribution in [2.24, 2.45) is 11.8 Å². The smallest absolute Gasteiger partial charge is 0.223 e. The van der Waals surface area contributed by atoms with E-state index in [2.05, 4.69) is 46.3 Å². The summed E-state index contributed by atoms with van der Waals surface area (Å²) in [6, 6.07) is 13.4. The average molecular weight is 458 g/mol. The minimum atomic E-state index is -0.266. The second-order valence-corrected chi connectivity index (χ2v) is 9.80. The second kappa shape index (κ2) is 10.7. The van der Waals surface area contributed by atoms with E-state index < -0.39 is 0 Å². The van der Waals surface area contributed by atoms with Crippen LogP contribution in [0.3, 0.4) is 0 Å². The van der Waals surface area contributed by atoms with Gasteiger partial charge >= 0.3 is 0 Å². The summed E-state index contributed by atoms with van der Waals surface area (Å²) in [6.45, 7) is 7.27. The summed E-state index contributed by atoms with van der Waals surface area (Å²) in [4.78, 5) is 17.3. The van der Waals surface area contributed by atoms with Gasteiger partial charge in [0.2, 0.25) is 5.91 Å². The Morgan fingerprint density at radius 1 is 1.09 bits per heavy atom. The Morgan fingerprint density at radius 3 is 2.53 bits per heavy atom. The van der Waals surface area contributed by atoms with Crippen molar-refractivity contribution in [1.29, 1.82) is 0 Å². The SMILES string of the molecule is C[C@H]1CCCN(c2ccc(CNC(=O)C3CCN(Cc4ccc(Cl)cc4F)CC3)cc2)C1. The monoisotopic (exact) mass is 457 g/mol. The number of likely N-dealkylation sites (tertiary alicyclic amines) is 1. The van der Waals surface area contributed by atoms with Gasteiger partial charge in [0.05, 0.1) is 0 Å². The van der Waals surface area contributed by atoms with E-state index in [-0.39, 0.29) is 17.6 Å². The first kappa shape index (κ1) is 23.1. The lowest BCUT2D eigenvalue weighted by Crippen LogP contribution is -2.40. The molecule has 2 aromatic carbocycles. The number of anilines is 1. The number of carbonyl (C=O) groups is 1. The lowest BCUT2D eigenvalue weighted by Gasteiger charge is -2.33. The third-order valence-electron chi connectivity index (χ3n) is 6.79. The van der Waals surface area contributed by atoms with Crippen molar-refractivity contribution in [3.8, 4) is 0 Å². The zero-order valence-corrected chi connectivity index (χ0v) is 19.6. The van der Waals surface area contributed by atoms with Gasteiger partial charge < -0.3 is 10.2 Å². The van der Waals surface area contributed by atoms with E-state index in [0.29, 0.717) is 23.7 Å². The summed E-state index contributed by atoms with van der Waals surface area (Å²) in [7, 11) is 0. The zero-order chi connectivity index (χ0) is 22.5. The number of amides is 1. The highest BCUT2D eigenvalue weighted by Crippen LogP contribution is 2.24. The topological polar surface area (TPSA) is 35.6 Å². The second-order valence-electron chi connectivity index (χ2n) is 9.36. The van der Waals surface area contributed by atoms with Gasteiger partial charge in [0.25, 0.3) is 0 Å². The van der Waals surface area contributed by atoms with Crippen LogP contribution in [0, 0.1) is 17.7 Å². The minimum Gasteiger partial charge on any atom is -0.371 e. The Hall–Kier alpha value is -2.11. The third-order valence-corrected chi connectivity index (χ3v) is 7.03. The van der Waals surface area contributed by atoms with Crippen LogP contribution >= 0.6 is 11.6 Å². The highest BCUT2D eigenvalue weighted by atomic mass is 35.5. The van der Waals surface area contributed by atoms with E-state index in [4.69, 9.17) is 11.6 Å². The molecule has 32 heavy (non-hydrogen) atoms. The number of carbonyl (C=O) groups excluding carboxylic acids is 1. The molecule has 172 valence electrons. The van der Waals surface area contributed by atoms with Crippen molar-refractivity contribution in [2.45, 2.75) is 45.7 Å². The van der Waals surface area contributed by atoms with Gasteiger partial charge in [0.1, 0.15) is 5.82 Å².